The Morgan fingerprint density at radius 3 is 2.67 bits per heavy atom. The number of aliphatic hydroxyl groups excluding tert-OH is 1. The van der Waals surface area contributed by atoms with E-state index in [0.29, 0.717) is 25.9 Å². The summed E-state index contributed by atoms with van der Waals surface area (Å²) in [6.45, 7) is 13.4. The molecule has 1 aromatic carbocycles. The van der Waals surface area contributed by atoms with Crippen LogP contribution < -0.4 is 4.90 Å². The normalized spacial score (nSPS) is 24.7. The number of rotatable bonds is 11. The molecule has 40 heavy (non-hydrogen) atoms. The van der Waals surface area contributed by atoms with E-state index in [1.165, 1.54) is 11.1 Å². The second-order valence-corrected chi connectivity index (χ2v) is 17.3. The van der Waals surface area contributed by atoms with E-state index < -0.39 is 13.9 Å². The van der Waals surface area contributed by atoms with Gasteiger partial charge < -0.3 is 19.5 Å². The summed E-state index contributed by atoms with van der Waals surface area (Å²) in [5.41, 5.74) is 3.84. The minimum absolute atomic E-state index is 0.0256. The summed E-state index contributed by atoms with van der Waals surface area (Å²) >= 11 is 2.30. The quantitative estimate of drug-likeness (QED) is 0.189. The molecule has 10 heteroatoms. The van der Waals surface area contributed by atoms with E-state index in [1.54, 1.807) is 4.68 Å². The SMILES string of the molecule is CC(C)=CCC/C(C)=C/CN1C(=O)[C@@]2(O[C@@H](CCn3cc(CCO)nn3)[C@H]([Si](C)(C)O)[C@H]2C)c2cc(I)ccc21. The van der Waals surface area contributed by atoms with Crippen molar-refractivity contribution in [2.24, 2.45) is 5.92 Å². The van der Waals surface area contributed by atoms with Crippen LogP contribution in [0.15, 0.2) is 47.7 Å². The summed E-state index contributed by atoms with van der Waals surface area (Å²) in [6.07, 6.45) is 8.95. The van der Waals surface area contributed by atoms with Gasteiger partial charge >= 0.3 is 0 Å². The molecule has 1 saturated heterocycles. The van der Waals surface area contributed by atoms with Crippen LogP contribution in [0.25, 0.3) is 0 Å². The second kappa shape index (κ2) is 12.6. The first-order chi connectivity index (χ1) is 18.9. The third-order valence-electron chi connectivity index (χ3n) is 8.26. The molecule has 0 aliphatic carbocycles. The molecule has 0 unspecified atom stereocenters. The Morgan fingerprint density at radius 1 is 1.25 bits per heavy atom. The second-order valence-electron chi connectivity index (χ2n) is 12.0. The molecule has 1 aromatic heterocycles. The van der Waals surface area contributed by atoms with E-state index >= 15 is 0 Å². The Kier molecular flexibility index (Phi) is 9.76. The number of anilines is 1. The molecule has 2 N–H and O–H groups in total. The van der Waals surface area contributed by atoms with Gasteiger partial charge in [-0.1, -0.05) is 35.4 Å². The first-order valence-corrected chi connectivity index (χ1v) is 18.3. The number of aryl methyl sites for hydroxylation is 1. The van der Waals surface area contributed by atoms with Gasteiger partial charge in [-0.3, -0.25) is 9.48 Å². The predicted octanol–water partition coefficient (Wildman–Crippen LogP) is 5.34. The van der Waals surface area contributed by atoms with Crippen molar-refractivity contribution in [3.05, 3.63) is 62.5 Å². The smallest absolute Gasteiger partial charge is 0.264 e. The highest BCUT2D eigenvalue weighted by Crippen LogP contribution is 2.59. The fraction of sp³-hybridized carbons (Fsp3) is 0.567. The molecule has 1 spiro atoms. The van der Waals surface area contributed by atoms with E-state index in [-0.39, 0.29) is 30.1 Å². The maximum Gasteiger partial charge on any atom is 0.264 e. The molecule has 2 aliphatic rings. The third kappa shape index (κ3) is 6.30. The fourth-order valence-electron chi connectivity index (χ4n) is 6.37. The Balaban J connectivity index is 1.64. The summed E-state index contributed by atoms with van der Waals surface area (Å²) in [5, 5.41) is 17.5. The van der Waals surface area contributed by atoms with Gasteiger partial charge in [0.1, 0.15) is 0 Å². The molecular weight excluding hydrogens is 635 g/mol. The minimum atomic E-state index is -2.73. The first kappa shape index (κ1) is 31.1. The van der Waals surface area contributed by atoms with E-state index in [1.807, 2.05) is 36.3 Å². The number of aliphatic hydroxyl groups is 1. The Labute approximate surface area is 252 Å². The molecule has 3 heterocycles. The molecule has 0 radical (unpaired) electrons. The average molecular weight is 679 g/mol. The summed E-state index contributed by atoms with van der Waals surface area (Å²) in [7, 11) is -2.73. The minimum Gasteiger partial charge on any atom is -0.432 e. The third-order valence-corrected chi connectivity index (χ3v) is 11.4. The predicted molar refractivity (Wildman–Crippen MR) is 169 cm³/mol. The number of amides is 1. The van der Waals surface area contributed by atoms with Crippen LogP contribution in [0.2, 0.25) is 18.6 Å². The van der Waals surface area contributed by atoms with Crippen LogP contribution in [0.1, 0.15) is 58.2 Å². The van der Waals surface area contributed by atoms with Crippen LogP contribution in [0.3, 0.4) is 0 Å². The summed E-state index contributed by atoms with van der Waals surface area (Å²) in [6, 6.07) is 6.16. The van der Waals surface area contributed by atoms with Gasteiger partial charge in [-0.15, -0.1) is 5.10 Å². The zero-order valence-electron chi connectivity index (χ0n) is 24.5. The number of benzene rings is 1. The largest absolute Gasteiger partial charge is 0.432 e. The molecular formula is C30H43IN4O4Si. The van der Waals surface area contributed by atoms with Crippen LogP contribution in [0.4, 0.5) is 5.69 Å². The topological polar surface area (TPSA) is 101 Å². The van der Waals surface area contributed by atoms with Crippen LogP contribution in [0, 0.1) is 9.49 Å². The summed E-state index contributed by atoms with van der Waals surface area (Å²) < 4.78 is 9.72. The molecule has 2 aliphatic heterocycles. The molecule has 2 aromatic rings. The maximum absolute atomic E-state index is 14.4. The van der Waals surface area contributed by atoms with Crippen molar-refractivity contribution < 1.29 is 19.4 Å². The Bertz CT molecular complexity index is 1280. The number of fused-ring (bicyclic) bond motifs is 2. The van der Waals surface area contributed by atoms with Crippen LogP contribution >= 0.6 is 22.6 Å². The van der Waals surface area contributed by atoms with Crippen LogP contribution in [0.5, 0.6) is 0 Å². The lowest BCUT2D eigenvalue weighted by atomic mass is 9.82. The monoisotopic (exact) mass is 678 g/mol. The van der Waals surface area contributed by atoms with Crippen molar-refractivity contribution in [2.45, 2.75) is 90.3 Å². The van der Waals surface area contributed by atoms with E-state index in [4.69, 9.17) is 4.74 Å². The van der Waals surface area contributed by atoms with E-state index in [2.05, 4.69) is 78.8 Å². The molecule has 218 valence electrons. The van der Waals surface area contributed by atoms with Crippen molar-refractivity contribution in [1.82, 2.24) is 15.0 Å². The van der Waals surface area contributed by atoms with Crippen molar-refractivity contribution in [1.29, 1.82) is 0 Å². The molecule has 1 amide bonds. The summed E-state index contributed by atoms with van der Waals surface area (Å²) in [5.74, 6) is -0.232. The lowest BCUT2D eigenvalue weighted by Crippen LogP contribution is -2.46. The number of aromatic nitrogens is 3. The van der Waals surface area contributed by atoms with Gasteiger partial charge in [0.25, 0.3) is 5.91 Å². The molecule has 1 fully saturated rings. The van der Waals surface area contributed by atoms with Crippen molar-refractivity contribution in [3.63, 3.8) is 0 Å². The number of allylic oxidation sites excluding steroid dienone is 3. The van der Waals surface area contributed by atoms with Crippen molar-refractivity contribution in [2.75, 3.05) is 18.1 Å². The highest BCUT2D eigenvalue weighted by Gasteiger charge is 2.66. The van der Waals surface area contributed by atoms with E-state index in [0.717, 1.165) is 33.4 Å². The van der Waals surface area contributed by atoms with Crippen molar-refractivity contribution >= 4 is 42.5 Å². The lowest BCUT2D eigenvalue weighted by Gasteiger charge is -2.32. The van der Waals surface area contributed by atoms with Gasteiger partial charge in [-0.25, -0.2) is 0 Å². The number of ether oxygens (including phenoxy) is 1. The average Bonchev–Trinajstić information content (AvgIpc) is 3.51. The van der Waals surface area contributed by atoms with Crippen LogP contribution in [-0.2, 0) is 28.1 Å². The van der Waals surface area contributed by atoms with Gasteiger partial charge in [0.2, 0.25) is 0 Å². The van der Waals surface area contributed by atoms with Gasteiger partial charge in [-0.2, -0.15) is 0 Å². The number of carbonyl (C=O) groups excluding carboxylic acids is 1. The molecule has 0 bridgehead atoms. The Morgan fingerprint density at radius 2 is 2.00 bits per heavy atom. The Hall–Kier alpha value is -1.86. The molecule has 0 saturated carbocycles. The first-order valence-electron chi connectivity index (χ1n) is 14.2. The van der Waals surface area contributed by atoms with Crippen LogP contribution in [-0.4, -0.2) is 58.4 Å². The van der Waals surface area contributed by atoms with Gasteiger partial charge in [0, 0.05) is 52.9 Å². The molecule has 4 atom stereocenters. The van der Waals surface area contributed by atoms with E-state index in [9.17, 15) is 14.7 Å². The molecule has 8 nitrogen and oxygen atoms in total. The number of carbonyl (C=O) groups is 1. The number of hydrogen-bond donors (Lipinski definition) is 2. The zero-order chi connectivity index (χ0) is 29.2. The van der Waals surface area contributed by atoms with Gasteiger partial charge in [0.05, 0.1) is 17.5 Å². The number of nitrogens with zero attached hydrogens (tertiary/aromatic N) is 4. The van der Waals surface area contributed by atoms with Gasteiger partial charge in [-0.05, 0) is 93.9 Å². The van der Waals surface area contributed by atoms with Gasteiger partial charge in [0.15, 0.2) is 13.9 Å². The number of halogens is 1. The fourth-order valence-corrected chi connectivity index (χ4v) is 9.47. The lowest BCUT2D eigenvalue weighted by molar-refractivity contribution is -0.145. The highest BCUT2D eigenvalue weighted by atomic mass is 127. The highest BCUT2D eigenvalue weighted by molar-refractivity contribution is 14.1. The number of hydrogen-bond acceptors (Lipinski definition) is 6. The van der Waals surface area contributed by atoms with Crippen molar-refractivity contribution in [3.8, 4) is 0 Å². The maximum atomic E-state index is 14.4. The standard InChI is InChI=1S/C30H43IN4O4Si/c1-20(2)8-7-9-21(3)12-16-35-26-11-10-23(31)18-25(26)30(29(35)37)22(4)28(40(5,6)38)27(39-30)13-15-34-19-24(14-17-36)32-33-34/h8,10-12,18-19,22,27-28,36,38H,7,9,13-17H2,1-6H3/b21-12+/t22-,27+,28-,30+/m1/s1. The zero-order valence-corrected chi connectivity index (χ0v) is 27.7. The summed E-state index contributed by atoms with van der Waals surface area (Å²) in [4.78, 5) is 27.8. The molecule has 4 rings (SSSR count).